The summed E-state index contributed by atoms with van der Waals surface area (Å²) in [5, 5.41) is 3.33. The SMILES string of the molecule is COc1cc(C)sc1C(=O)N1CCN[C@@H](C)C1. The van der Waals surface area contributed by atoms with Gasteiger partial charge in [0.25, 0.3) is 5.91 Å². The summed E-state index contributed by atoms with van der Waals surface area (Å²) >= 11 is 1.51. The second-order valence-electron chi connectivity index (χ2n) is 4.36. The first kappa shape index (κ1) is 12.4. The maximum Gasteiger partial charge on any atom is 0.267 e. The number of rotatable bonds is 2. The number of nitrogens with one attached hydrogen (secondary N) is 1. The third-order valence-electron chi connectivity index (χ3n) is 2.89. The van der Waals surface area contributed by atoms with Gasteiger partial charge in [-0.1, -0.05) is 0 Å². The first-order valence-electron chi connectivity index (χ1n) is 5.79. The second-order valence-corrected chi connectivity index (χ2v) is 5.62. The Morgan fingerprint density at radius 1 is 1.65 bits per heavy atom. The minimum absolute atomic E-state index is 0.0910. The van der Waals surface area contributed by atoms with Gasteiger partial charge in [0.1, 0.15) is 10.6 Å². The van der Waals surface area contributed by atoms with Gasteiger partial charge in [-0.05, 0) is 19.9 Å². The maximum atomic E-state index is 12.4. The molecule has 94 valence electrons. The van der Waals surface area contributed by atoms with Gasteiger partial charge in [0.05, 0.1) is 7.11 Å². The van der Waals surface area contributed by atoms with Crippen LogP contribution in [0.2, 0.25) is 0 Å². The Bertz CT molecular complexity index is 417. The molecule has 5 heteroatoms. The summed E-state index contributed by atoms with van der Waals surface area (Å²) in [6.45, 7) is 6.47. The number of thiophene rings is 1. The van der Waals surface area contributed by atoms with Crippen molar-refractivity contribution in [2.24, 2.45) is 0 Å². The summed E-state index contributed by atoms with van der Waals surface area (Å²) in [5.74, 6) is 0.789. The van der Waals surface area contributed by atoms with Gasteiger partial charge in [0.15, 0.2) is 0 Å². The van der Waals surface area contributed by atoms with Gasteiger partial charge in [-0.2, -0.15) is 0 Å². The van der Waals surface area contributed by atoms with E-state index < -0.39 is 0 Å². The highest BCUT2D eigenvalue weighted by atomic mass is 32.1. The zero-order chi connectivity index (χ0) is 12.4. The average Bonchev–Trinajstić information content (AvgIpc) is 2.69. The van der Waals surface area contributed by atoms with E-state index in [2.05, 4.69) is 12.2 Å². The van der Waals surface area contributed by atoms with Crippen LogP contribution in [0.5, 0.6) is 5.75 Å². The summed E-state index contributed by atoms with van der Waals surface area (Å²) in [7, 11) is 1.61. The van der Waals surface area contributed by atoms with E-state index in [-0.39, 0.29) is 5.91 Å². The summed E-state index contributed by atoms with van der Waals surface area (Å²) in [6.07, 6.45) is 0. The molecule has 2 rings (SSSR count). The van der Waals surface area contributed by atoms with Gasteiger partial charge in [0, 0.05) is 30.6 Å². The minimum atomic E-state index is 0.0910. The highest BCUT2D eigenvalue weighted by molar-refractivity contribution is 7.14. The average molecular weight is 254 g/mol. The Labute approximate surface area is 106 Å². The van der Waals surface area contributed by atoms with Crippen molar-refractivity contribution in [2.45, 2.75) is 19.9 Å². The lowest BCUT2D eigenvalue weighted by Gasteiger charge is -2.31. The number of carbonyl (C=O) groups excluding carboxylic acids is 1. The number of nitrogens with zero attached hydrogens (tertiary/aromatic N) is 1. The van der Waals surface area contributed by atoms with Gasteiger partial charge in [-0.15, -0.1) is 11.3 Å². The fourth-order valence-electron chi connectivity index (χ4n) is 2.05. The van der Waals surface area contributed by atoms with Crippen LogP contribution in [0.1, 0.15) is 21.5 Å². The molecule has 4 nitrogen and oxygen atoms in total. The molecule has 1 aliphatic heterocycles. The van der Waals surface area contributed by atoms with Crippen molar-refractivity contribution in [1.29, 1.82) is 0 Å². The Kier molecular flexibility index (Phi) is 3.69. The van der Waals surface area contributed by atoms with Gasteiger partial charge in [-0.25, -0.2) is 0 Å². The first-order chi connectivity index (χ1) is 8.11. The fourth-order valence-corrected chi connectivity index (χ4v) is 3.00. The number of aryl methyl sites for hydroxylation is 1. The third kappa shape index (κ3) is 2.61. The quantitative estimate of drug-likeness (QED) is 0.869. The Morgan fingerprint density at radius 3 is 3.06 bits per heavy atom. The van der Waals surface area contributed by atoms with Crippen molar-refractivity contribution in [1.82, 2.24) is 10.2 Å². The molecule has 0 spiro atoms. The molecule has 0 aromatic carbocycles. The molecule has 0 aliphatic carbocycles. The van der Waals surface area contributed by atoms with Gasteiger partial charge < -0.3 is 15.0 Å². The van der Waals surface area contributed by atoms with Crippen LogP contribution in [-0.4, -0.2) is 43.6 Å². The molecule has 1 N–H and O–H groups in total. The normalized spacial score (nSPS) is 20.4. The molecule has 0 radical (unpaired) electrons. The van der Waals surface area contributed by atoms with Gasteiger partial charge in [0.2, 0.25) is 0 Å². The van der Waals surface area contributed by atoms with Gasteiger partial charge in [-0.3, -0.25) is 4.79 Å². The maximum absolute atomic E-state index is 12.4. The summed E-state index contributed by atoms with van der Waals surface area (Å²) in [6, 6.07) is 2.28. The van der Waals surface area contributed by atoms with E-state index in [1.807, 2.05) is 17.9 Å². The lowest BCUT2D eigenvalue weighted by Crippen LogP contribution is -2.51. The highest BCUT2D eigenvalue weighted by Gasteiger charge is 2.25. The van der Waals surface area contributed by atoms with Crippen LogP contribution in [-0.2, 0) is 0 Å². The third-order valence-corrected chi connectivity index (χ3v) is 3.91. The van der Waals surface area contributed by atoms with Crippen molar-refractivity contribution in [2.75, 3.05) is 26.7 Å². The van der Waals surface area contributed by atoms with E-state index in [0.29, 0.717) is 11.8 Å². The molecule has 1 fully saturated rings. The van der Waals surface area contributed by atoms with Crippen LogP contribution >= 0.6 is 11.3 Å². The lowest BCUT2D eigenvalue weighted by molar-refractivity contribution is 0.0711. The molecule has 17 heavy (non-hydrogen) atoms. The molecule has 1 atom stereocenters. The molecule has 0 saturated carbocycles. The Hall–Kier alpha value is -1.07. The van der Waals surface area contributed by atoms with Crippen LogP contribution in [0.3, 0.4) is 0 Å². The van der Waals surface area contributed by atoms with Crippen LogP contribution in [0, 0.1) is 6.92 Å². The first-order valence-corrected chi connectivity index (χ1v) is 6.60. The molecule has 1 aromatic heterocycles. The largest absolute Gasteiger partial charge is 0.495 e. The molecule has 1 saturated heterocycles. The molecular formula is C12H18N2O2S. The van der Waals surface area contributed by atoms with E-state index in [1.165, 1.54) is 11.3 Å². The van der Waals surface area contributed by atoms with Gasteiger partial charge >= 0.3 is 0 Å². The summed E-state index contributed by atoms with van der Waals surface area (Å²) in [5.41, 5.74) is 0. The van der Waals surface area contributed by atoms with Crippen molar-refractivity contribution in [3.05, 3.63) is 15.8 Å². The van der Waals surface area contributed by atoms with Crippen molar-refractivity contribution in [3.8, 4) is 5.75 Å². The predicted molar refractivity (Wildman–Crippen MR) is 69.0 cm³/mol. The molecule has 2 heterocycles. The number of piperazine rings is 1. The predicted octanol–water partition coefficient (Wildman–Crippen LogP) is 1.50. The van der Waals surface area contributed by atoms with E-state index in [0.717, 1.165) is 29.4 Å². The lowest BCUT2D eigenvalue weighted by atomic mass is 10.2. The number of amides is 1. The Morgan fingerprint density at radius 2 is 2.41 bits per heavy atom. The highest BCUT2D eigenvalue weighted by Crippen LogP contribution is 2.30. The Balaban J connectivity index is 2.18. The topological polar surface area (TPSA) is 41.6 Å². The van der Waals surface area contributed by atoms with E-state index in [4.69, 9.17) is 4.74 Å². The summed E-state index contributed by atoms with van der Waals surface area (Å²) in [4.78, 5) is 16.1. The van der Waals surface area contributed by atoms with Crippen LogP contribution in [0.4, 0.5) is 0 Å². The van der Waals surface area contributed by atoms with E-state index >= 15 is 0 Å². The number of ether oxygens (including phenoxy) is 1. The van der Waals surface area contributed by atoms with Crippen LogP contribution in [0.15, 0.2) is 6.07 Å². The zero-order valence-corrected chi connectivity index (χ0v) is 11.3. The van der Waals surface area contributed by atoms with Crippen molar-refractivity contribution in [3.63, 3.8) is 0 Å². The molecular weight excluding hydrogens is 236 g/mol. The number of hydrogen-bond donors (Lipinski definition) is 1. The fraction of sp³-hybridized carbons (Fsp3) is 0.583. The van der Waals surface area contributed by atoms with Crippen molar-refractivity contribution >= 4 is 17.2 Å². The second kappa shape index (κ2) is 5.06. The molecule has 0 unspecified atom stereocenters. The number of methoxy groups -OCH3 is 1. The van der Waals surface area contributed by atoms with Crippen LogP contribution in [0.25, 0.3) is 0 Å². The minimum Gasteiger partial charge on any atom is -0.495 e. The number of hydrogen-bond acceptors (Lipinski definition) is 4. The molecule has 1 amide bonds. The van der Waals surface area contributed by atoms with Crippen molar-refractivity contribution < 1.29 is 9.53 Å². The number of carbonyl (C=O) groups is 1. The standard InChI is InChI=1S/C12H18N2O2S/c1-8-7-14(5-4-13-8)12(15)11-10(16-3)6-9(2)17-11/h6,8,13H,4-5,7H2,1-3H3/t8-/m0/s1. The smallest absolute Gasteiger partial charge is 0.267 e. The molecule has 0 bridgehead atoms. The van der Waals surface area contributed by atoms with E-state index in [1.54, 1.807) is 7.11 Å². The van der Waals surface area contributed by atoms with Crippen LogP contribution < -0.4 is 10.1 Å². The molecule has 1 aromatic rings. The monoisotopic (exact) mass is 254 g/mol. The summed E-state index contributed by atoms with van der Waals surface area (Å²) < 4.78 is 5.25. The molecule has 1 aliphatic rings. The zero-order valence-electron chi connectivity index (χ0n) is 10.4. The van der Waals surface area contributed by atoms with E-state index in [9.17, 15) is 4.79 Å².